The van der Waals surface area contributed by atoms with Crippen LogP contribution in [0.25, 0.3) is 0 Å². The highest BCUT2D eigenvalue weighted by atomic mass is 16.1. The SMILES string of the molecule is CCCC(=O)Nc1cccc(N(C)C(C)CC)c1.[HH]. The maximum atomic E-state index is 11.6. The molecular formula is C15H26N2O. The maximum absolute atomic E-state index is 11.6. The largest absolute Gasteiger partial charge is 0.372 e. The van der Waals surface area contributed by atoms with Crippen molar-refractivity contribution in [2.75, 3.05) is 17.3 Å². The van der Waals surface area contributed by atoms with Crippen molar-refractivity contribution in [3.63, 3.8) is 0 Å². The molecule has 0 radical (unpaired) electrons. The molecule has 3 heteroatoms. The van der Waals surface area contributed by atoms with Crippen molar-refractivity contribution in [2.24, 2.45) is 0 Å². The van der Waals surface area contributed by atoms with Gasteiger partial charge in [0.15, 0.2) is 0 Å². The van der Waals surface area contributed by atoms with Crippen LogP contribution in [0.3, 0.4) is 0 Å². The average molecular weight is 250 g/mol. The van der Waals surface area contributed by atoms with E-state index in [4.69, 9.17) is 0 Å². The zero-order valence-corrected chi connectivity index (χ0v) is 11.9. The Labute approximate surface area is 112 Å². The van der Waals surface area contributed by atoms with E-state index in [9.17, 15) is 4.79 Å². The Bertz CT molecular complexity index is 395. The van der Waals surface area contributed by atoms with Gasteiger partial charge in [-0.1, -0.05) is 19.9 Å². The average Bonchev–Trinajstić information content (AvgIpc) is 2.37. The molecule has 0 aliphatic rings. The van der Waals surface area contributed by atoms with Gasteiger partial charge in [0.1, 0.15) is 0 Å². The molecule has 0 heterocycles. The lowest BCUT2D eigenvalue weighted by Gasteiger charge is -2.26. The Hall–Kier alpha value is -1.51. The Morgan fingerprint density at radius 1 is 1.44 bits per heavy atom. The van der Waals surface area contributed by atoms with E-state index in [2.05, 4.69) is 37.2 Å². The topological polar surface area (TPSA) is 32.3 Å². The van der Waals surface area contributed by atoms with Gasteiger partial charge in [-0.2, -0.15) is 0 Å². The molecule has 0 saturated heterocycles. The highest BCUT2D eigenvalue weighted by Gasteiger charge is 2.08. The minimum atomic E-state index is 0. The minimum Gasteiger partial charge on any atom is -0.372 e. The highest BCUT2D eigenvalue weighted by molar-refractivity contribution is 5.91. The van der Waals surface area contributed by atoms with E-state index in [0.717, 1.165) is 24.2 Å². The smallest absolute Gasteiger partial charge is 0.224 e. The number of nitrogens with zero attached hydrogens (tertiary/aromatic N) is 1. The van der Waals surface area contributed by atoms with Gasteiger partial charge in [0, 0.05) is 32.3 Å². The van der Waals surface area contributed by atoms with Crippen LogP contribution < -0.4 is 10.2 Å². The highest BCUT2D eigenvalue weighted by Crippen LogP contribution is 2.21. The molecule has 0 bridgehead atoms. The number of benzene rings is 1. The summed E-state index contributed by atoms with van der Waals surface area (Å²) in [7, 11) is 2.08. The molecule has 1 atom stereocenters. The van der Waals surface area contributed by atoms with Crippen LogP contribution >= 0.6 is 0 Å². The van der Waals surface area contributed by atoms with E-state index >= 15 is 0 Å². The van der Waals surface area contributed by atoms with Crippen LogP contribution in [0.2, 0.25) is 0 Å². The zero-order valence-electron chi connectivity index (χ0n) is 11.9. The van der Waals surface area contributed by atoms with Gasteiger partial charge in [-0.25, -0.2) is 0 Å². The molecule has 1 aromatic rings. The molecule has 1 rings (SSSR count). The van der Waals surface area contributed by atoms with Crippen molar-refractivity contribution in [3.05, 3.63) is 24.3 Å². The second kappa shape index (κ2) is 7.04. The summed E-state index contributed by atoms with van der Waals surface area (Å²) in [5.41, 5.74) is 2.01. The second-order valence-electron chi connectivity index (χ2n) is 4.72. The second-order valence-corrected chi connectivity index (χ2v) is 4.72. The zero-order chi connectivity index (χ0) is 13.5. The molecule has 1 aromatic carbocycles. The van der Waals surface area contributed by atoms with Crippen molar-refractivity contribution in [2.45, 2.75) is 46.1 Å². The van der Waals surface area contributed by atoms with E-state index in [1.165, 1.54) is 0 Å². The first-order valence-corrected chi connectivity index (χ1v) is 6.71. The summed E-state index contributed by atoms with van der Waals surface area (Å²) in [6.45, 7) is 6.38. The molecule has 18 heavy (non-hydrogen) atoms. The number of carbonyl (C=O) groups is 1. The van der Waals surface area contributed by atoms with Gasteiger partial charge in [0.05, 0.1) is 0 Å². The van der Waals surface area contributed by atoms with Crippen LogP contribution in [0.15, 0.2) is 24.3 Å². The van der Waals surface area contributed by atoms with E-state index in [0.29, 0.717) is 12.5 Å². The van der Waals surface area contributed by atoms with Crippen molar-refractivity contribution < 1.29 is 6.22 Å². The van der Waals surface area contributed by atoms with Crippen LogP contribution in [0.4, 0.5) is 11.4 Å². The summed E-state index contributed by atoms with van der Waals surface area (Å²) in [4.78, 5) is 13.8. The molecule has 0 spiro atoms. The third-order valence-electron chi connectivity index (χ3n) is 3.27. The monoisotopic (exact) mass is 250 g/mol. The van der Waals surface area contributed by atoms with Crippen LogP contribution in [0.5, 0.6) is 0 Å². The lowest BCUT2D eigenvalue weighted by atomic mass is 10.2. The van der Waals surface area contributed by atoms with E-state index in [1.54, 1.807) is 0 Å². The Morgan fingerprint density at radius 2 is 2.17 bits per heavy atom. The number of hydrogen-bond acceptors (Lipinski definition) is 2. The summed E-state index contributed by atoms with van der Waals surface area (Å²) < 4.78 is 0. The maximum Gasteiger partial charge on any atom is 0.224 e. The van der Waals surface area contributed by atoms with Crippen LogP contribution in [-0.4, -0.2) is 19.0 Å². The molecule has 1 N–H and O–H groups in total. The van der Waals surface area contributed by atoms with Gasteiger partial charge in [-0.3, -0.25) is 4.79 Å². The minimum absolute atomic E-state index is 0. The third-order valence-corrected chi connectivity index (χ3v) is 3.27. The Morgan fingerprint density at radius 3 is 2.78 bits per heavy atom. The standard InChI is InChI=1S/C15H24N2O.H2/c1-5-8-15(18)16-13-9-7-10-14(11-13)17(4)12(3)6-2;/h7,9-12H,5-6,8H2,1-4H3,(H,16,18);1H. The van der Waals surface area contributed by atoms with Gasteiger partial charge in [0.2, 0.25) is 5.91 Å². The van der Waals surface area contributed by atoms with Gasteiger partial charge < -0.3 is 10.2 Å². The summed E-state index contributed by atoms with van der Waals surface area (Å²) in [5.74, 6) is 0.0841. The lowest BCUT2D eigenvalue weighted by molar-refractivity contribution is -0.116. The molecule has 102 valence electrons. The molecule has 0 fully saturated rings. The fourth-order valence-corrected chi connectivity index (χ4v) is 1.78. The summed E-state index contributed by atoms with van der Waals surface area (Å²) in [5, 5.41) is 2.93. The fourth-order valence-electron chi connectivity index (χ4n) is 1.78. The Kier molecular flexibility index (Phi) is 5.69. The summed E-state index contributed by atoms with van der Waals surface area (Å²) in [6.07, 6.45) is 2.55. The first-order chi connectivity index (χ1) is 8.58. The van der Waals surface area contributed by atoms with Gasteiger partial charge >= 0.3 is 0 Å². The predicted octanol–water partition coefficient (Wildman–Crippen LogP) is 3.91. The number of anilines is 2. The van der Waals surface area contributed by atoms with E-state index in [1.807, 2.05) is 25.1 Å². The number of nitrogens with one attached hydrogen (secondary N) is 1. The van der Waals surface area contributed by atoms with Crippen LogP contribution in [-0.2, 0) is 4.79 Å². The molecule has 1 unspecified atom stereocenters. The number of amides is 1. The van der Waals surface area contributed by atoms with Crippen molar-refractivity contribution in [1.29, 1.82) is 0 Å². The van der Waals surface area contributed by atoms with Gasteiger partial charge in [-0.15, -0.1) is 0 Å². The summed E-state index contributed by atoms with van der Waals surface area (Å²) in [6, 6.07) is 8.50. The predicted molar refractivity (Wildman–Crippen MR) is 80.2 cm³/mol. The normalized spacial score (nSPS) is 12.0. The van der Waals surface area contributed by atoms with Crippen molar-refractivity contribution in [1.82, 2.24) is 0 Å². The third kappa shape index (κ3) is 4.06. The van der Waals surface area contributed by atoms with E-state index in [-0.39, 0.29) is 7.33 Å². The van der Waals surface area contributed by atoms with Gasteiger partial charge in [0.25, 0.3) is 0 Å². The van der Waals surface area contributed by atoms with Crippen LogP contribution in [0, 0.1) is 0 Å². The molecule has 0 aromatic heterocycles. The van der Waals surface area contributed by atoms with Crippen LogP contribution in [0.1, 0.15) is 41.5 Å². The molecule has 3 nitrogen and oxygen atoms in total. The number of hydrogen-bond donors (Lipinski definition) is 1. The van der Waals surface area contributed by atoms with Crippen molar-refractivity contribution in [3.8, 4) is 0 Å². The molecule has 1 amide bonds. The Balaban J connectivity index is 0.00000324. The lowest BCUT2D eigenvalue weighted by Crippen LogP contribution is -2.27. The number of carbonyl (C=O) groups excluding carboxylic acids is 1. The van der Waals surface area contributed by atoms with E-state index < -0.39 is 0 Å². The first kappa shape index (κ1) is 14.6. The molecule has 0 aliphatic carbocycles. The number of rotatable bonds is 6. The first-order valence-electron chi connectivity index (χ1n) is 6.71. The molecular weight excluding hydrogens is 224 g/mol. The molecule has 0 saturated carbocycles. The quantitative estimate of drug-likeness (QED) is 0.830. The van der Waals surface area contributed by atoms with Crippen molar-refractivity contribution >= 4 is 17.3 Å². The molecule has 0 aliphatic heterocycles. The van der Waals surface area contributed by atoms with Gasteiger partial charge in [-0.05, 0) is 38.0 Å². The fraction of sp³-hybridized carbons (Fsp3) is 0.533. The summed E-state index contributed by atoms with van der Waals surface area (Å²) >= 11 is 0.